The van der Waals surface area contributed by atoms with Crippen LogP contribution >= 0.6 is 0 Å². The Morgan fingerprint density at radius 2 is 1.86 bits per heavy atom. The van der Waals surface area contributed by atoms with Crippen LogP contribution in [0.15, 0.2) is 53.6 Å². The highest BCUT2D eigenvalue weighted by molar-refractivity contribution is 5.69. The Labute approximate surface area is 166 Å². The Bertz CT molecular complexity index is 1000. The Balaban J connectivity index is 1.85. The summed E-state index contributed by atoms with van der Waals surface area (Å²) in [5, 5.41) is 3.02. The van der Waals surface area contributed by atoms with Crippen LogP contribution in [-0.4, -0.2) is 34.7 Å². The van der Waals surface area contributed by atoms with Crippen molar-refractivity contribution in [2.75, 3.05) is 23.3 Å². The molecule has 0 aliphatic rings. The number of halogens is 2. The predicted molar refractivity (Wildman–Crippen MR) is 108 cm³/mol. The number of hydrogen-bond acceptors (Lipinski definition) is 6. The molecule has 152 valence electrons. The molecule has 7 nitrogen and oxygen atoms in total. The number of ether oxygens (including phenoxy) is 1. The summed E-state index contributed by atoms with van der Waals surface area (Å²) in [7, 11) is 0. The normalized spacial score (nSPS) is 10.8. The van der Waals surface area contributed by atoms with E-state index in [0.717, 1.165) is 18.7 Å². The maximum atomic E-state index is 12.3. The van der Waals surface area contributed by atoms with E-state index in [2.05, 4.69) is 25.0 Å². The molecular weight excluding hydrogens is 380 g/mol. The highest BCUT2D eigenvalue weighted by Crippen LogP contribution is 2.24. The summed E-state index contributed by atoms with van der Waals surface area (Å²) in [6, 6.07) is 9.51. The lowest BCUT2D eigenvalue weighted by molar-refractivity contribution is -0.0498. The van der Waals surface area contributed by atoms with Gasteiger partial charge in [-0.15, -0.1) is 0 Å². The van der Waals surface area contributed by atoms with E-state index in [4.69, 9.17) is 0 Å². The number of nitrogens with zero attached hydrogens (tertiary/aromatic N) is 3. The third kappa shape index (κ3) is 5.07. The molecule has 2 heterocycles. The molecule has 0 atom stereocenters. The topological polar surface area (TPSA) is 83.1 Å². The molecule has 0 saturated carbocycles. The smallest absolute Gasteiger partial charge is 0.387 e. The van der Waals surface area contributed by atoms with Crippen LogP contribution in [0, 0.1) is 0 Å². The van der Waals surface area contributed by atoms with Gasteiger partial charge in [-0.3, -0.25) is 4.79 Å². The third-order valence-electron chi connectivity index (χ3n) is 4.27. The standard InChI is InChI=1S/C20H21F2N5O2/c1-3-27(4-2)20-23-10-9-17(26-20)25-16-11-14(12-24-18(16)28)13-5-7-15(8-6-13)29-19(21)22/h5-12,19H,3-4H2,1-2H3,(H,24,28)(H,23,25,26). The lowest BCUT2D eigenvalue weighted by Gasteiger charge is -2.18. The molecule has 0 bridgehead atoms. The number of anilines is 3. The van der Waals surface area contributed by atoms with Gasteiger partial charge in [0, 0.05) is 31.0 Å². The van der Waals surface area contributed by atoms with Gasteiger partial charge in [-0.2, -0.15) is 13.8 Å². The summed E-state index contributed by atoms with van der Waals surface area (Å²) in [6.07, 6.45) is 3.18. The number of aromatic nitrogens is 3. The molecule has 2 aromatic heterocycles. The maximum absolute atomic E-state index is 12.3. The maximum Gasteiger partial charge on any atom is 0.387 e. The first-order valence-corrected chi connectivity index (χ1v) is 9.13. The molecule has 2 N–H and O–H groups in total. The Morgan fingerprint density at radius 3 is 2.52 bits per heavy atom. The van der Waals surface area contributed by atoms with Gasteiger partial charge in [0.2, 0.25) is 5.95 Å². The first-order chi connectivity index (χ1) is 14.0. The van der Waals surface area contributed by atoms with E-state index < -0.39 is 6.61 Å². The van der Waals surface area contributed by atoms with Gasteiger partial charge in [0.1, 0.15) is 17.3 Å². The molecule has 3 aromatic rings. The van der Waals surface area contributed by atoms with E-state index in [1.165, 1.54) is 12.1 Å². The van der Waals surface area contributed by atoms with Gasteiger partial charge in [0.05, 0.1) is 0 Å². The number of alkyl halides is 2. The molecule has 0 aliphatic heterocycles. The van der Waals surface area contributed by atoms with E-state index in [0.29, 0.717) is 23.0 Å². The summed E-state index contributed by atoms with van der Waals surface area (Å²) in [5.41, 5.74) is 1.43. The molecule has 0 radical (unpaired) electrons. The SMILES string of the molecule is CCN(CC)c1nccc(Nc2cc(-c3ccc(OC(F)F)cc3)c[nH]c2=O)n1. The Kier molecular flexibility index (Phi) is 6.38. The molecule has 29 heavy (non-hydrogen) atoms. The van der Waals surface area contributed by atoms with E-state index in [1.54, 1.807) is 36.7 Å². The average Bonchev–Trinajstić information content (AvgIpc) is 2.71. The molecular formula is C20H21F2N5O2. The van der Waals surface area contributed by atoms with Crippen LogP contribution in [-0.2, 0) is 0 Å². The zero-order valence-corrected chi connectivity index (χ0v) is 16.0. The zero-order valence-electron chi connectivity index (χ0n) is 16.0. The largest absolute Gasteiger partial charge is 0.435 e. The second-order valence-electron chi connectivity index (χ2n) is 6.07. The number of pyridine rings is 1. The van der Waals surface area contributed by atoms with Crippen molar-refractivity contribution >= 4 is 17.5 Å². The van der Waals surface area contributed by atoms with Crippen LogP contribution in [0.25, 0.3) is 11.1 Å². The van der Waals surface area contributed by atoms with E-state index in [-0.39, 0.29) is 11.3 Å². The molecule has 0 spiro atoms. The summed E-state index contributed by atoms with van der Waals surface area (Å²) in [4.78, 5) is 25.6. The summed E-state index contributed by atoms with van der Waals surface area (Å²) >= 11 is 0. The monoisotopic (exact) mass is 401 g/mol. The van der Waals surface area contributed by atoms with Crippen LogP contribution in [0.4, 0.5) is 26.2 Å². The van der Waals surface area contributed by atoms with Gasteiger partial charge in [-0.25, -0.2) is 4.98 Å². The van der Waals surface area contributed by atoms with Crippen molar-refractivity contribution in [1.82, 2.24) is 15.0 Å². The fraction of sp³-hybridized carbons (Fsp3) is 0.250. The van der Waals surface area contributed by atoms with Crippen molar-refractivity contribution in [1.29, 1.82) is 0 Å². The van der Waals surface area contributed by atoms with Gasteiger partial charge in [0.25, 0.3) is 5.56 Å². The average molecular weight is 401 g/mol. The molecule has 0 amide bonds. The zero-order chi connectivity index (χ0) is 20.8. The fourth-order valence-electron chi connectivity index (χ4n) is 2.79. The first-order valence-electron chi connectivity index (χ1n) is 9.13. The summed E-state index contributed by atoms with van der Waals surface area (Å²) < 4.78 is 28.9. The predicted octanol–water partition coefficient (Wildman–Crippen LogP) is 4.02. The lowest BCUT2D eigenvalue weighted by Crippen LogP contribution is -2.24. The second kappa shape index (κ2) is 9.13. The number of H-pyrrole nitrogens is 1. The van der Waals surface area contributed by atoms with E-state index >= 15 is 0 Å². The van der Waals surface area contributed by atoms with Crippen LogP contribution in [0.2, 0.25) is 0 Å². The quantitative estimate of drug-likeness (QED) is 0.593. The lowest BCUT2D eigenvalue weighted by atomic mass is 10.1. The van der Waals surface area contributed by atoms with Gasteiger partial charge < -0.3 is 19.9 Å². The van der Waals surface area contributed by atoms with Crippen LogP contribution in [0.3, 0.4) is 0 Å². The third-order valence-corrected chi connectivity index (χ3v) is 4.27. The Morgan fingerprint density at radius 1 is 1.14 bits per heavy atom. The van der Waals surface area contributed by atoms with Crippen molar-refractivity contribution in [3.8, 4) is 16.9 Å². The highest BCUT2D eigenvalue weighted by atomic mass is 19.3. The van der Waals surface area contributed by atoms with E-state index in [9.17, 15) is 13.6 Å². The van der Waals surface area contributed by atoms with Crippen molar-refractivity contribution in [3.05, 3.63) is 59.1 Å². The van der Waals surface area contributed by atoms with Gasteiger partial charge in [-0.05, 0) is 43.7 Å². The number of hydrogen-bond donors (Lipinski definition) is 2. The van der Waals surface area contributed by atoms with Crippen molar-refractivity contribution < 1.29 is 13.5 Å². The molecule has 0 aliphatic carbocycles. The summed E-state index contributed by atoms with van der Waals surface area (Å²) in [6.45, 7) is 2.68. The minimum atomic E-state index is -2.88. The number of benzene rings is 1. The fourth-order valence-corrected chi connectivity index (χ4v) is 2.79. The van der Waals surface area contributed by atoms with Gasteiger partial charge >= 0.3 is 6.61 Å². The van der Waals surface area contributed by atoms with Crippen molar-refractivity contribution in [2.24, 2.45) is 0 Å². The number of rotatable bonds is 8. The molecule has 3 rings (SSSR count). The van der Waals surface area contributed by atoms with E-state index in [1.807, 2.05) is 18.7 Å². The number of nitrogens with one attached hydrogen (secondary N) is 2. The first kappa shape index (κ1) is 20.2. The molecule has 0 fully saturated rings. The Hall–Kier alpha value is -3.49. The van der Waals surface area contributed by atoms with Crippen molar-refractivity contribution in [3.63, 3.8) is 0 Å². The minimum absolute atomic E-state index is 0.0661. The van der Waals surface area contributed by atoms with Crippen LogP contribution < -0.4 is 20.5 Å². The van der Waals surface area contributed by atoms with Gasteiger partial charge in [0.15, 0.2) is 0 Å². The number of aromatic amines is 1. The second-order valence-corrected chi connectivity index (χ2v) is 6.07. The molecule has 9 heteroatoms. The van der Waals surface area contributed by atoms with Crippen LogP contribution in [0.1, 0.15) is 13.8 Å². The van der Waals surface area contributed by atoms with Crippen molar-refractivity contribution in [2.45, 2.75) is 20.5 Å². The molecule has 0 unspecified atom stereocenters. The summed E-state index contributed by atoms with van der Waals surface area (Å²) in [5.74, 6) is 1.13. The molecule has 0 saturated heterocycles. The highest BCUT2D eigenvalue weighted by Gasteiger charge is 2.09. The molecule has 1 aromatic carbocycles. The van der Waals surface area contributed by atoms with Gasteiger partial charge in [-0.1, -0.05) is 12.1 Å². The van der Waals surface area contributed by atoms with Crippen LogP contribution in [0.5, 0.6) is 5.75 Å². The minimum Gasteiger partial charge on any atom is -0.435 e.